The topological polar surface area (TPSA) is 38.1 Å². The zero-order valence-electron chi connectivity index (χ0n) is 16.6. The molecule has 0 unspecified atom stereocenters. The zero-order valence-corrected chi connectivity index (χ0v) is 17.3. The van der Waals surface area contributed by atoms with Crippen LogP contribution in [0.4, 0.5) is 0 Å². The van der Waals surface area contributed by atoms with Crippen molar-refractivity contribution in [3.8, 4) is 0 Å². The first-order chi connectivity index (χ1) is 14.7. The highest BCUT2D eigenvalue weighted by Gasteiger charge is 2.24. The fraction of sp³-hybridized carbons (Fsp3) is 0.200. The van der Waals surface area contributed by atoms with E-state index in [1.165, 1.54) is 5.56 Å². The van der Waals surface area contributed by atoms with Gasteiger partial charge in [0.1, 0.15) is 5.65 Å². The van der Waals surface area contributed by atoms with Gasteiger partial charge in [-0.1, -0.05) is 54.1 Å². The van der Waals surface area contributed by atoms with Crippen molar-refractivity contribution in [2.45, 2.75) is 26.1 Å². The van der Waals surface area contributed by atoms with Gasteiger partial charge in [-0.2, -0.15) is 0 Å². The predicted octanol–water partition coefficient (Wildman–Crippen LogP) is 4.66. The lowest BCUT2D eigenvalue weighted by Crippen LogP contribution is -2.37. The Balaban J connectivity index is 1.56. The van der Waals surface area contributed by atoms with Gasteiger partial charge in [0.05, 0.1) is 6.54 Å². The fourth-order valence-corrected chi connectivity index (χ4v) is 4.44. The summed E-state index contributed by atoms with van der Waals surface area (Å²) < 4.78 is 1.81. The van der Waals surface area contributed by atoms with Crippen LogP contribution in [0.1, 0.15) is 22.3 Å². The largest absolute Gasteiger partial charge is 0.294 e. The normalized spacial score (nSPS) is 14.0. The first-order valence-electron chi connectivity index (χ1n) is 10.2. The van der Waals surface area contributed by atoms with E-state index in [0.717, 1.165) is 47.2 Å². The van der Waals surface area contributed by atoms with E-state index >= 15 is 0 Å². The molecule has 0 radical (unpaired) electrons. The summed E-state index contributed by atoms with van der Waals surface area (Å²) in [6.07, 6.45) is 2.62. The Kier molecular flexibility index (Phi) is 5.11. The number of pyridine rings is 2. The lowest BCUT2D eigenvalue weighted by Gasteiger charge is -2.30. The smallest absolute Gasteiger partial charge is 0.257 e. The van der Waals surface area contributed by atoms with Gasteiger partial charge in [0.25, 0.3) is 5.56 Å². The van der Waals surface area contributed by atoms with Gasteiger partial charge in [0, 0.05) is 41.8 Å². The Hall–Kier alpha value is -2.95. The first kappa shape index (κ1) is 19.0. The molecular formula is C25H22ClN3O. The van der Waals surface area contributed by atoms with Crippen molar-refractivity contribution < 1.29 is 0 Å². The molecule has 0 atom stereocenters. The Bertz CT molecular complexity index is 1250. The molecule has 4 aromatic rings. The minimum atomic E-state index is 0.0592. The number of halogens is 1. The van der Waals surface area contributed by atoms with Gasteiger partial charge in [-0.25, -0.2) is 4.98 Å². The molecular weight excluding hydrogens is 394 g/mol. The number of nitrogens with zero attached hydrogens (tertiary/aromatic N) is 3. The lowest BCUT2D eigenvalue weighted by atomic mass is 9.97. The average molecular weight is 416 g/mol. The van der Waals surface area contributed by atoms with Crippen LogP contribution in [0.15, 0.2) is 77.7 Å². The maximum atomic E-state index is 13.6. The Morgan fingerprint density at radius 1 is 0.867 bits per heavy atom. The molecule has 0 spiro atoms. The van der Waals surface area contributed by atoms with E-state index in [1.54, 1.807) is 6.20 Å². The summed E-state index contributed by atoms with van der Waals surface area (Å²) in [7, 11) is 0. The molecule has 5 rings (SSSR count). The van der Waals surface area contributed by atoms with Crippen molar-refractivity contribution in [1.82, 2.24) is 14.5 Å². The van der Waals surface area contributed by atoms with Crippen molar-refractivity contribution in [3.05, 3.63) is 111 Å². The summed E-state index contributed by atoms with van der Waals surface area (Å²) in [6, 6.07) is 22.1. The molecule has 0 saturated carbocycles. The third-order valence-electron chi connectivity index (χ3n) is 5.80. The number of rotatable bonds is 4. The Morgan fingerprint density at radius 2 is 1.63 bits per heavy atom. The van der Waals surface area contributed by atoms with E-state index in [1.807, 2.05) is 41.0 Å². The molecule has 1 aliphatic rings. The van der Waals surface area contributed by atoms with E-state index in [2.05, 4.69) is 40.2 Å². The van der Waals surface area contributed by atoms with Crippen molar-refractivity contribution in [3.63, 3.8) is 0 Å². The van der Waals surface area contributed by atoms with E-state index in [0.29, 0.717) is 18.1 Å². The molecule has 2 aromatic heterocycles. The molecule has 5 heteroatoms. The molecule has 1 aliphatic heterocycles. The summed E-state index contributed by atoms with van der Waals surface area (Å²) in [5.41, 5.74) is 5.17. The highest BCUT2D eigenvalue weighted by molar-refractivity contribution is 6.30. The van der Waals surface area contributed by atoms with Crippen LogP contribution in [0.3, 0.4) is 0 Å². The minimum Gasteiger partial charge on any atom is -0.294 e. The Labute approximate surface area is 180 Å². The van der Waals surface area contributed by atoms with Crippen LogP contribution in [-0.4, -0.2) is 21.0 Å². The molecule has 0 bridgehead atoms. The molecule has 30 heavy (non-hydrogen) atoms. The maximum Gasteiger partial charge on any atom is 0.257 e. The van der Waals surface area contributed by atoms with E-state index in [9.17, 15) is 4.79 Å². The van der Waals surface area contributed by atoms with Gasteiger partial charge in [-0.3, -0.25) is 14.3 Å². The SMILES string of the molecule is O=c1c2c(c3cccnc3n1Cc1ccc(Cl)cc1)CCN(Cc1ccccc1)C2. The van der Waals surface area contributed by atoms with Crippen molar-refractivity contribution >= 4 is 22.6 Å². The molecule has 150 valence electrons. The average Bonchev–Trinajstić information content (AvgIpc) is 2.79. The monoisotopic (exact) mass is 415 g/mol. The summed E-state index contributed by atoms with van der Waals surface area (Å²) in [6.45, 7) is 2.93. The van der Waals surface area contributed by atoms with Crippen molar-refractivity contribution in [1.29, 1.82) is 0 Å². The van der Waals surface area contributed by atoms with Gasteiger partial charge in [-0.05, 0) is 47.4 Å². The highest BCUT2D eigenvalue weighted by atomic mass is 35.5. The van der Waals surface area contributed by atoms with Gasteiger partial charge in [-0.15, -0.1) is 0 Å². The molecule has 3 heterocycles. The van der Waals surface area contributed by atoms with Crippen LogP contribution in [-0.2, 0) is 26.1 Å². The summed E-state index contributed by atoms with van der Waals surface area (Å²) in [5, 5.41) is 1.77. The number of hydrogen-bond donors (Lipinski definition) is 0. The van der Waals surface area contributed by atoms with Crippen LogP contribution in [0.2, 0.25) is 5.02 Å². The first-order valence-corrected chi connectivity index (χ1v) is 10.6. The number of hydrogen-bond acceptors (Lipinski definition) is 3. The number of aromatic nitrogens is 2. The van der Waals surface area contributed by atoms with Crippen molar-refractivity contribution in [2.24, 2.45) is 0 Å². The second kappa shape index (κ2) is 8.05. The lowest BCUT2D eigenvalue weighted by molar-refractivity contribution is 0.244. The van der Waals surface area contributed by atoms with Gasteiger partial charge < -0.3 is 0 Å². The van der Waals surface area contributed by atoms with Crippen molar-refractivity contribution in [2.75, 3.05) is 6.54 Å². The third kappa shape index (κ3) is 3.64. The maximum absolute atomic E-state index is 13.6. The van der Waals surface area contributed by atoms with Crippen LogP contribution in [0, 0.1) is 0 Å². The quantitative estimate of drug-likeness (QED) is 0.486. The van der Waals surface area contributed by atoms with Gasteiger partial charge >= 0.3 is 0 Å². The predicted molar refractivity (Wildman–Crippen MR) is 121 cm³/mol. The molecule has 0 amide bonds. The molecule has 0 aliphatic carbocycles. The summed E-state index contributed by atoms with van der Waals surface area (Å²) in [4.78, 5) is 20.5. The minimum absolute atomic E-state index is 0.0592. The molecule has 0 saturated heterocycles. The third-order valence-corrected chi connectivity index (χ3v) is 6.05. The van der Waals surface area contributed by atoms with Crippen LogP contribution in [0.25, 0.3) is 11.0 Å². The van der Waals surface area contributed by atoms with Crippen LogP contribution >= 0.6 is 11.6 Å². The Morgan fingerprint density at radius 3 is 2.43 bits per heavy atom. The van der Waals surface area contributed by atoms with Gasteiger partial charge in [0.2, 0.25) is 0 Å². The number of fused-ring (bicyclic) bond motifs is 3. The van der Waals surface area contributed by atoms with E-state index < -0.39 is 0 Å². The van der Waals surface area contributed by atoms with Gasteiger partial charge in [0.15, 0.2) is 0 Å². The van der Waals surface area contributed by atoms with Crippen LogP contribution in [0.5, 0.6) is 0 Å². The molecule has 4 nitrogen and oxygen atoms in total. The fourth-order valence-electron chi connectivity index (χ4n) is 4.32. The zero-order chi connectivity index (χ0) is 20.5. The number of benzene rings is 2. The summed E-state index contributed by atoms with van der Waals surface area (Å²) >= 11 is 6.03. The molecule has 2 aromatic carbocycles. The van der Waals surface area contributed by atoms with E-state index in [-0.39, 0.29) is 5.56 Å². The second-order valence-corrected chi connectivity index (χ2v) is 8.23. The highest BCUT2D eigenvalue weighted by Crippen LogP contribution is 2.25. The molecule has 0 N–H and O–H groups in total. The van der Waals surface area contributed by atoms with E-state index in [4.69, 9.17) is 11.6 Å². The second-order valence-electron chi connectivity index (χ2n) is 7.80. The molecule has 0 fully saturated rings. The summed E-state index contributed by atoms with van der Waals surface area (Å²) in [5.74, 6) is 0. The van der Waals surface area contributed by atoms with Crippen LogP contribution < -0.4 is 5.56 Å². The standard InChI is InChI=1S/C25H22ClN3O/c26-20-10-8-19(9-11-20)16-29-24-22(7-4-13-27-24)21-12-14-28(17-23(21)25(29)30)15-18-5-2-1-3-6-18/h1-11,13H,12,14-17H2.